The number of rotatable bonds is 4. The predicted octanol–water partition coefficient (Wildman–Crippen LogP) is 0.533. The molecule has 0 radical (unpaired) electrons. The Bertz CT molecular complexity index is 1020. The standard InChI is InChI=1S/C18H24FN5O3/c1-9(20)10-5-6-22(8-10)15-13(19)7-12-14(16(15)27-2)23(11-3-4-11)18(26)24(21)17(12)25/h7,9-11H,3-6,8,20-21H2,1-2H3/t9-,10-/m1/s1. The molecule has 1 saturated carbocycles. The van der Waals surface area contributed by atoms with Crippen LogP contribution < -0.4 is 32.5 Å². The van der Waals surface area contributed by atoms with Gasteiger partial charge in [0.15, 0.2) is 11.6 Å². The lowest BCUT2D eigenvalue weighted by atomic mass is 10.0. The summed E-state index contributed by atoms with van der Waals surface area (Å²) in [4.78, 5) is 27.0. The van der Waals surface area contributed by atoms with Crippen LogP contribution in [-0.2, 0) is 0 Å². The number of nitrogen functional groups attached to an aromatic ring is 1. The molecular weight excluding hydrogens is 353 g/mol. The highest BCUT2D eigenvalue weighted by molar-refractivity contribution is 5.91. The average Bonchev–Trinajstić information content (AvgIpc) is 3.35. The number of benzene rings is 1. The van der Waals surface area contributed by atoms with E-state index in [1.807, 2.05) is 11.8 Å². The SMILES string of the molecule is COc1c(N2CC[C@@H]([C@@H](C)N)C2)c(F)cc2c(=O)n(N)c(=O)n(C3CC3)c12. The molecule has 2 aromatic rings. The summed E-state index contributed by atoms with van der Waals surface area (Å²) in [6.45, 7) is 3.17. The van der Waals surface area contributed by atoms with Crippen molar-refractivity contribution >= 4 is 16.6 Å². The molecule has 1 aliphatic carbocycles. The fourth-order valence-corrected chi connectivity index (χ4v) is 4.02. The Kier molecular flexibility index (Phi) is 4.14. The van der Waals surface area contributed by atoms with Gasteiger partial charge in [-0.25, -0.2) is 9.18 Å². The molecule has 0 unspecified atom stereocenters. The number of anilines is 1. The second kappa shape index (κ2) is 6.26. The van der Waals surface area contributed by atoms with Crippen molar-refractivity contribution in [2.75, 3.05) is 30.9 Å². The minimum atomic E-state index is -0.731. The van der Waals surface area contributed by atoms with Crippen molar-refractivity contribution in [2.45, 2.75) is 38.3 Å². The van der Waals surface area contributed by atoms with Gasteiger partial charge >= 0.3 is 5.69 Å². The molecule has 2 aliphatic rings. The van der Waals surface area contributed by atoms with E-state index in [1.54, 1.807) is 0 Å². The molecule has 4 N–H and O–H groups in total. The fourth-order valence-electron chi connectivity index (χ4n) is 4.02. The highest BCUT2D eigenvalue weighted by atomic mass is 19.1. The van der Waals surface area contributed by atoms with E-state index < -0.39 is 17.1 Å². The van der Waals surface area contributed by atoms with Gasteiger partial charge in [-0.2, -0.15) is 4.68 Å². The van der Waals surface area contributed by atoms with E-state index in [2.05, 4.69) is 0 Å². The molecule has 0 amide bonds. The van der Waals surface area contributed by atoms with Gasteiger partial charge in [0.25, 0.3) is 5.56 Å². The van der Waals surface area contributed by atoms with Crippen molar-refractivity contribution in [2.24, 2.45) is 11.7 Å². The van der Waals surface area contributed by atoms with E-state index in [-0.39, 0.29) is 34.8 Å². The topological polar surface area (TPSA) is 109 Å². The number of fused-ring (bicyclic) bond motifs is 1. The summed E-state index contributed by atoms with van der Waals surface area (Å²) in [5, 5.41) is 0.0463. The largest absolute Gasteiger partial charge is 0.492 e. The first-order chi connectivity index (χ1) is 12.8. The summed E-state index contributed by atoms with van der Waals surface area (Å²) in [6, 6.07) is 1.10. The Morgan fingerprint density at radius 3 is 2.56 bits per heavy atom. The van der Waals surface area contributed by atoms with Crippen LogP contribution in [0.15, 0.2) is 15.7 Å². The maximum atomic E-state index is 15.1. The molecule has 1 saturated heterocycles. The second-order valence-corrected chi connectivity index (χ2v) is 7.55. The molecule has 9 heteroatoms. The van der Waals surface area contributed by atoms with Crippen molar-refractivity contribution in [3.8, 4) is 5.75 Å². The average molecular weight is 377 g/mol. The molecule has 1 aromatic heterocycles. The Balaban J connectivity index is 2.01. The number of ether oxygens (including phenoxy) is 1. The number of aromatic nitrogens is 2. The van der Waals surface area contributed by atoms with Gasteiger partial charge in [0.1, 0.15) is 11.2 Å². The van der Waals surface area contributed by atoms with Crippen LogP contribution in [-0.4, -0.2) is 35.5 Å². The Morgan fingerprint density at radius 1 is 1.30 bits per heavy atom. The van der Waals surface area contributed by atoms with Gasteiger partial charge in [0.2, 0.25) is 0 Å². The van der Waals surface area contributed by atoms with Crippen molar-refractivity contribution in [3.05, 3.63) is 32.7 Å². The molecule has 1 aromatic carbocycles. The van der Waals surface area contributed by atoms with Crippen LogP contribution >= 0.6 is 0 Å². The molecule has 4 rings (SSSR count). The Hall–Kier alpha value is -2.55. The lowest BCUT2D eigenvalue weighted by molar-refractivity contribution is 0.412. The minimum Gasteiger partial charge on any atom is -0.492 e. The molecule has 2 fully saturated rings. The summed E-state index contributed by atoms with van der Waals surface area (Å²) in [6.07, 6.45) is 2.46. The van der Waals surface area contributed by atoms with Crippen molar-refractivity contribution in [3.63, 3.8) is 0 Å². The Morgan fingerprint density at radius 2 is 2.00 bits per heavy atom. The lowest BCUT2D eigenvalue weighted by Gasteiger charge is -2.25. The third kappa shape index (κ3) is 2.68. The van der Waals surface area contributed by atoms with Crippen molar-refractivity contribution in [1.29, 1.82) is 0 Å². The number of nitrogens with two attached hydrogens (primary N) is 2. The maximum Gasteiger partial charge on any atom is 0.350 e. The smallest absolute Gasteiger partial charge is 0.350 e. The van der Waals surface area contributed by atoms with Gasteiger partial charge in [0, 0.05) is 25.2 Å². The summed E-state index contributed by atoms with van der Waals surface area (Å²) in [5.74, 6) is 5.53. The summed E-state index contributed by atoms with van der Waals surface area (Å²) >= 11 is 0. The van der Waals surface area contributed by atoms with Crippen LogP contribution in [0.3, 0.4) is 0 Å². The first-order valence-electron chi connectivity index (χ1n) is 9.18. The number of hydrogen-bond acceptors (Lipinski definition) is 6. The number of hydrogen-bond donors (Lipinski definition) is 2. The summed E-state index contributed by atoms with van der Waals surface area (Å²) < 4.78 is 22.6. The van der Waals surface area contributed by atoms with Gasteiger partial charge in [-0.15, -0.1) is 0 Å². The van der Waals surface area contributed by atoms with E-state index >= 15 is 4.39 Å². The van der Waals surface area contributed by atoms with Gasteiger partial charge < -0.3 is 21.2 Å². The molecule has 27 heavy (non-hydrogen) atoms. The highest BCUT2D eigenvalue weighted by Crippen LogP contribution is 2.43. The lowest BCUT2D eigenvalue weighted by Crippen LogP contribution is -2.44. The molecule has 8 nitrogen and oxygen atoms in total. The molecule has 0 bridgehead atoms. The van der Waals surface area contributed by atoms with E-state index in [0.29, 0.717) is 23.3 Å². The van der Waals surface area contributed by atoms with E-state index in [9.17, 15) is 9.59 Å². The summed E-state index contributed by atoms with van der Waals surface area (Å²) in [5.41, 5.74) is 5.26. The van der Waals surface area contributed by atoms with Gasteiger partial charge in [-0.3, -0.25) is 9.36 Å². The third-order valence-electron chi connectivity index (χ3n) is 5.69. The monoisotopic (exact) mass is 377 g/mol. The van der Waals surface area contributed by atoms with Gasteiger partial charge in [-0.1, -0.05) is 0 Å². The van der Waals surface area contributed by atoms with Crippen LogP contribution in [0.2, 0.25) is 0 Å². The maximum absolute atomic E-state index is 15.1. The zero-order chi connectivity index (χ0) is 19.5. The van der Waals surface area contributed by atoms with Crippen LogP contribution in [0.4, 0.5) is 10.1 Å². The third-order valence-corrected chi connectivity index (χ3v) is 5.69. The van der Waals surface area contributed by atoms with Crippen LogP contribution in [0.5, 0.6) is 5.75 Å². The molecule has 2 atom stereocenters. The Labute approximate surface area is 155 Å². The zero-order valence-electron chi connectivity index (χ0n) is 15.4. The highest BCUT2D eigenvalue weighted by Gasteiger charge is 2.34. The van der Waals surface area contributed by atoms with Gasteiger partial charge in [0.05, 0.1) is 12.5 Å². The van der Waals surface area contributed by atoms with Crippen LogP contribution in [0, 0.1) is 11.7 Å². The van der Waals surface area contributed by atoms with Crippen molar-refractivity contribution in [1.82, 2.24) is 9.24 Å². The first kappa shape index (κ1) is 17.8. The molecule has 146 valence electrons. The first-order valence-corrected chi connectivity index (χ1v) is 9.18. The van der Waals surface area contributed by atoms with Crippen LogP contribution in [0.25, 0.3) is 10.9 Å². The predicted molar refractivity (Wildman–Crippen MR) is 101 cm³/mol. The fraction of sp³-hybridized carbons (Fsp3) is 0.556. The molecule has 2 heterocycles. The molecule has 1 aliphatic heterocycles. The second-order valence-electron chi connectivity index (χ2n) is 7.55. The number of methoxy groups -OCH3 is 1. The van der Waals surface area contributed by atoms with E-state index in [4.69, 9.17) is 16.3 Å². The molecular formula is C18H24FN5O3. The summed E-state index contributed by atoms with van der Waals surface area (Å²) in [7, 11) is 1.42. The number of nitrogens with zero attached hydrogens (tertiary/aromatic N) is 3. The zero-order valence-corrected chi connectivity index (χ0v) is 15.4. The number of halogens is 1. The normalized spacial score (nSPS) is 21.0. The minimum absolute atomic E-state index is 0.00130. The van der Waals surface area contributed by atoms with E-state index in [1.165, 1.54) is 11.7 Å². The van der Waals surface area contributed by atoms with Crippen molar-refractivity contribution < 1.29 is 9.13 Å². The van der Waals surface area contributed by atoms with Crippen LogP contribution in [0.1, 0.15) is 32.2 Å². The van der Waals surface area contributed by atoms with E-state index in [0.717, 1.165) is 25.3 Å². The quantitative estimate of drug-likeness (QED) is 0.753. The molecule has 0 spiro atoms. The van der Waals surface area contributed by atoms with Gasteiger partial charge in [-0.05, 0) is 38.2 Å².